The van der Waals surface area contributed by atoms with E-state index in [1.54, 1.807) is 28.4 Å². The molecule has 5 saturated carbocycles. The zero-order valence-corrected chi connectivity index (χ0v) is 20.9. The van der Waals surface area contributed by atoms with E-state index in [1.165, 1.54) is 0 Å². The molecule has 6 fully saturated rings. The lowest BCUT2D eigenvalue weighted by molar-refractivity contribution is -0.357. The second-order valence-electron chi connectivity index (χ2n) is 12.1. The molecule has 1 spiro atoms. The van der Waals surface area contributed by atoms with Gasteiger partial charge in [0.05, 0.1) is 48.1 Å². The fraction of sp³-hybridized carbons (Fsp3) is 1.00. The fourth-order valence-electron chi connectivity index (χ4n) is 11.0. The van der Waals surface area contributed by atoms with Gasteiger partial charge < -0.3 is 39.4 Å². The van der Waals surface area contributed by atoms with E-state index in [0.717, 1.165) is 6.42 Å². The largest absolute Gasteiger partial charge is 0.392 e. The molecule has 13 atom stereocenters. The van der Waals surface area contributed by atoms with Crippen molar-refractivity contribution in [3.8, 4) is 0 Å². The van der Waals surface area contributed by atoms with Gasteiger partial charge in [-0.1, -0.05) is 6.92 Å². The van der Waals surface area contributed by atoms with E-state index in [1.807, 2.05) is 0 Å². The van der Waals surface area contributed by atoms with Crippen molar-refractivity contribution in [2.45, 2.75) is 79.9 Å². The summed E-state index contributed by atoms with van der Waals surface area (Å²) in [5, 5.41) is 50.1. The standard InChI is InChI=1S/C25H41NO8/c1-6-26-11-21(12-31-2)8-7-15(33-4)24-18(21)19(34-5)25(30,20(24)26)23(29)10-14(32-3)13-9-22(24,28)17(23)16(13)27/h13-20,27-30H,6-12H2,1-5H3/t13-,14+,15-,16+,17+,18+,19+,20-,21-,22+,23-,24+,25+/m1/s1. The van der Waals surface area contributed by atoms with Crippen molar-refractivity contribution in [3.05, 3.63) is 0 Å². The number of rotatable bonds is 6. The van der Waals surface area contributed by atoms with Gasteiger partial charge >= 0.3 is 0 Å². The number of hydrogen-bond donors (Lipinski definition) is 4. The molecule has 4 N–H and O–H groups in total. The number of likely N-dealkylation sites (tertiary alicyclic amines) is 1. The maximum atomic E-state index is 13.0. The molecule has 9 nitrogen and oxygen atoms in total. The topological polar surface area (TPSA) is 121 Å². The van der Waals surface area contributed by atoms with E-state index in [9.17, 15) is 20.4 Å². The Bertz CT molecular complexity index is 861. The molecule has 5 aliphatic carbocycles. The minimum atomic E-state index is -1.79. The van der Waals surface area contributed by atoms with Crippen LogP contribution in [0.1, 0.15) is 32.6 Å². The summed E-state index contributed by atoms with van der Waals surface area (Å²) in [6.45, 7) is 3.83. The highest BCUT2D eigenvalue weighted by atomic mass is 16.5. The van der Waals surface area contributed by atoms with Crippen LogP contribution in [-0.2, 0) is 18.9 Å². The van der Waals surface area contributed by atoms with E-state index in [0.29, 0.717) is 32.5 Å². The number of hydrogen-bond acceptors (Lipinski definition) is 9. The van der Waals surface area contributed by atoms with Gasteiger partial charge in [-0.3, -0.25) is 4.90 Å². The Morgan fingerprint density at radius 3 is 2.26 bits per heavy atom. The summed E-state index contributed by atoms with van der Waals surface area (Å²) in [5.41, 5.74) is -6.34. The van der Waals surface area contributed by atoms with Crippen molar-refractivity contribution >= 4 is 0 Å². The first-order valence-electron chi connectivity index (χ1n) is 12.8. The highest BCUT2D eigenvalue weighted by Crippen LogP contribution is 2.81. The molecular formula is C25H41NO8. The Morgan fingerprint density at radius 1 is 0.941 bits per heavy atom. The molecule has 7 bridgehead atoms. The SMILES string of the molecule is CCN1C[C@@]2(COC)CC[C@@H](OC)[C@]34[C@H]2[C@H](OC)[C@](O)([C@H]13)[C@@]1(O)C[C@H](OC)[C@H]2C[C@]4(O)[C@@H]1[C@H]2O. The van der Waals surface area contributed by atoms with E-state index in [2.05, 4.69) is 11.8 Å². The molecule has 6 rings (SSSR count). The predicted molar refractivity (Wildman–Crippen MR) is 120 cm³/mol. The van der Waals surface area contributed by atoms with Crippen LogP contribution in [0.15, 0.2) is 0 Å². The number of piperidine rings is 1. The number of likely N-dealkylation sites (N-methyl/N-ethyl adjacent to an activating group) is 1. The minimum absolute atomic E-state index is 0.139. The minimum Gasteiger partial charge on any atom is -0.392 e. The molecule has 194 valence electrons. The number of aliphatic hydroxyl groups excluding tert-OH is 1. The van der Waals surface area contributed by atoms with Gasteiger partial charge in [0.25, 0.3) is 0 Å². The van der Waals surface area contributed by atoms with Gasteiger partial charge in [0.1, 0.15) is 11.2 Å². The average Bonchev–Trinajstić information content (AvgIpc) is 3.14. The van der Waals surface area contributed by atoms with Gasteiger partial charge in [-0.15, -0.1) is 0 Å². The summed E-state index contributed by atoms with van der Waals surface area (Å²) in [5.74, 6) is -1.56. The van der Waals surface area contributed by atoms with Crippen LogP contribution in [-0.4, -0.2) is 121 Å². The Hall–Kier alpha value is -0.360. The molecule has 0 aromatic carbocycles. The number of methoxy groups -OCH3 is 4. The van der Waals surface area contributed by atoms with Crippen LogP contribution in [0.3, 0.4) is 0 Å². The maximum Gasteiger partial charge on any atom is 0.136 e. The van der Waals surface area contributed by atoms with Crippen molar-refractivity contribution in [1.29, 1.82) is 0 Å². The molecule has 34 heavy (non-hydrogen) atoms. The normalized spacial score (nSPS) is 61.7. The number of aliphatic hydroxyl groups is 4. The lowest BCUT2D eigenvalue weighted by Crippen LogP contribution is -2.86. The van der Waals surface area contributed by atoms with E-state index in [4.69, 9.17) is 18.9 Å². The van der Waals surface area contributed by atoms with Crippen LogP contribution in [0.2, 0.25) is 0 Å². The Labute approximate surface area is 201 Å². The summed E-state index contributed by atoms with van der Waals surface area (Å²) in [4.78, 5) is 2.23. The predicted octanol–water partition coefficient (Wildman–Crippen LogP) is -0.614. The van der Waals surface area contributed by atoms with Gasteiger partial charge in [0.2, 0.25) is 0 Å². The zero-order valence-electron chi connectivity index (χ0n) is 20.9. The first-order chi connectivity index (χ1) is 16.1. The maximum absolute atomic E-state index is 13.0. The van der Waals surface area contributed by atoms with Gasteiger partial charge in [0.15, 0.2) is 0 Å². The Kier molecular flexibility index (Phi) is 5.04. The van der Waals surface area contributed by atoms with Crippen molar-refractivity contribution < 1.29 is 39.4 Å². The fourth-order valence-corrected chi connectivity index (χ4v) is 11.0. The summed E-state index contributed by atoms with van der Waals surface area (Å²) >= 11 is 0. The molecule has 1 heterocycles. The molecule has 0 radical (unpaired) electrons. The van der Waals surface area contributed by atoms with Crippen molar-refractivity contribution in [2.75, 3.05) is 48.1 Å². The summed E-state index contributed by atoms with van der Waals surface area (Å²) in [6.07, 6.45) is -0.667. The third kappa shape index (κ3) is 2.11. The summed E-state index contributed by atoms with van der Waals surface area (Å²) < 4.78 is 23.9. The number of nitrogens with zero attached hydrogens (tertiary/aromatic N) is 1. The van der Waals surface area contributed by atoms with Crippen LogP contribution in [0.25, 0.3) is 0 Å². The van der Waals surface area contributed by atoms with Crippen molar-refractivity contribution in [2.24, 2.45) is 28.6 Å². The molecule has 1 saturated heterocycles. The second kappa shape index (κ2) is 7.14. The molecule has 6 aliphatic rings. The smallest absolute Gasteiger partial charge is 0.136 e. The molecule has 0 amide bonds. The third-order valence-corrected chi connectivity index (χ3v) is 11.6. The molecule has 0 aromatic rings. The van der Waals surface area contributed by atoms with Crippen LogP contribution in [0, 0.1) is 28.6 Å². The quantitative estimate of drug-likeness (QED) is 0.392. The number of ether oxygens (including phenoxy) is 4. The van der Waals surface area contributed by atoms with E-state index < -0.39 is 57.9 Å². The lowest BCUT2D eigenvalue weighted by atomic mass is 9.41. The molecule has 1 aliphatic heterocycles. The summed E-state index contributed by atoms with van der Waals surface area (Å²) in [7, 11) is 6.52. The van der Waals surface area contributed by atoms with Gasteiger partial charge in [-0.25, -0.2) is 0 Å². The zero-order chi connectivity index (χ0) is 24.5. The molecular weight excluding hydrogens is 442 g/mol. The van der Waals surface area contributed by atoms with Crippen LogP contribution in [0.5, 0.6) is 0 Å². The third-order valence-electron chi connectivity index (χ3n) is 11.6. The molecule has 9 heteroatoms. The van der Waals surface area contributed by atoms with Gasteiger partial charge in [0, 0.05) is 64.6 Å². The van der Waals surface area contributed by atoms with Crippen LogP contribution in [0.4, 0.5) is 0 Å². The van der Waals surface area contributed by atoms with Crippen molar-refractivity contribution in [1.82, 2.24) is 4.90 Å². The summed E-state index contributed by atoms with van der Waals surface area (Å²) in [6, 6.07) is -0.594. The molecule has 0 unspecified atom stereocenters. The second-order valence-corrected chi connectivity index (χ2v) is 12.1. The van der Waals surface area contributed by atoms with Gasteiger partial charge in [-0.05, 0) is 25.8 Å². The lowest BCUT2D eigenvalue weighted by Gasteiger charge is -2.72. The van der Waals surface area contributed by atoms with Gasteiger partial charge in [-0.2, -0.15) is 0 Å². The van der Waals surface area contributed by atoms with Crippen LogP contribution >= 0.6 is 0 Å². The first kappa shape index (κ1) is 24.0. The first-order valence-corrected chi connectivity index (χ1v) is 12.8. The van der Waals surface area contributed by atoms with E-state index >= 15 is 0 Å². The highest BCUT2D eigenvalue weighted by Gasteiger charge is 2.95. The number of fused-ring (bicyclic) bond motifs is 2. The monoisotopic (exact) mass is 483 g/mol. The van der Waals surface area contributed by atoms with Crippen molar-refractivity contribution in [3.63, 3.8) is 0 Å². The average molecular weight is 484 g/mol. The van der Waals surface area contributed by atoms with Crippen LogP contribution < -0.4 is 0 Å². The Balaban J connectivity index is 1.72. The molecule has 0 aromatic heterocycles. The van der Waals surface area contributed by atoms with E-state index in [-0.39, 0.29) is 24.4 Å². The Morgan fingerprint density at radius 2 is 1.68 bits per heavy atom. The highest BCUT2D eigenvalue weighted by molar-refractivity contribution is 5.45.